The van der Waals surface area contributed by atoms with E-state index in [2.05, 4.69) is 54.9 Å². The van der Waals surface area contributed by atoms with Crippen LogP contribution in [0.4, 0.5) is 0 Å². The van der Waals surface area contributed by atoms with Crippen LogP contribution < -0.4 is 4.90 Å². The fraction of sp³-hybridized carbons (Fsp3) is 0.529. The Kier molecular flexibility index (Phi) is 2.90. The van der Waals surface area contributed by atoms with Crippen molar-refractivity contribution >= 4 is 22.7 Å². The van der Waals surface area contributed by atoms with Crippen molar-refractivity contribution < 1.29 is 4.90 Å². The fourth-order valence-corrected chi connectivity index (χ4v) is 5.55. The molecule has 1 aromatic heterocycles. The van der Waals surface area contributed by atoms with Crippen molar-refractivity contribution in [2.45, 2.75) is 37.1 Å². The van der Waals surface area contributed by atoms with Crippen LogP contribution in [0.2, 0.25) is 0 Å². The largest absolute Gasteiger partial charge is 0.352 e. The summed E-state index contributed by atoms with van der Waals surface area (Å²) in [7, 11) is 0. The molecule has 2 aliphatic heterocycles. The standard InChI is InChI=1S/C17H22N2S/c1-3-12-10-17(2)16-15(20-9-8-19(17)11-12)13-6-4-5-7-14(13)18-16/h4-7,12,18H,3,8-11H2,1-2H3/p+1/t12-,17-/m1/s1. The van der Waals surface area contributed by atoms with E-state index >= 15 is 0 Å². The van der Waals surface area contributed by atoms with Crippen LogP contribution in [0.3, 0.4) is 0 Å². The number of benzene rings is 1. The lowest BCUT2D eigenvalue weighted by molar-refractivity contribution is -0.944. The number of nitrogens with one attached hydrogen (secondary N) is 2. The van der Waals surface area contributed by atoms with E-state index in [0.29, 0.717) is 5.54 Å². The second-order valence-corrected chi connectivity index (χ2v) is 7.70. The van der Waals surface area contributed by atoms with E-state index in [-0.39, 0.29) is 0 Å². The van der Waals surface area contributed by atoms with Gasteiger partial charge in [-0.1, -0.05) is 25.1 Å². The van der Waals surface area contributed by atoms with Crippen molar-refractivity contribution in [2.24, 2.45) is 5.92 Å². The van der Waals surface area contributed by atoms with Crippen LogP contribution in [0.25, 0.3) is 10.9 Å². The maximum absolute atomic E-state index is 3.77. The monoisotopic (exact) mass is 287 g/mol. The molecule has 0 aliphatic carbocycles. The quantitative estimate of drug-likeness (QED) is 0.826. The van der Waals surface area contributed by atoms with E-state index in [0.717, 1.165) is 5.92 Å². The van der Waals surface area contributed by atoms with Crippen molar-refractivity contribution in [3.8, 4) is 0 Å². The molecule has 1 fully saturated rings. The van der Waals surface area contributed by atoms with E-state index in [9.17, 15) is 0 Å². The van der Waals surface area contributed by atoms with Crippen molar-refractivity contribution in [3.63, 3.8) is 0 Å². The van der Waals surface area contributed by atoms with Crippen molar-refractivity contribution in [1.29, 1.82) is 0 Å². The number of hydrogen-bond acceptors (Lipinski definition) is 1. The van der Waals surface area contributed by atoms with E-state index in [1.807, 2.05) is 0 Å². The molecule has 0 spiro atoms. The van der Waals surface area contributed by atoms with Gasteiger partial charge in [0.2, 0.25) is 0 Å². The molecule has 1 aromatic carbocycles. The van der Waals surface area contributed by atoms with Gasteiger partial charge in [0, 0.05) is 33.9 Å². The minimum Gasteiger partial charge on any atom is -0.352 e. The number of para-hydroxylation sites is 1. The van der Waals surface area contributed by atoms with Gasteiger partial charge in [0.25, 0.3) is 0 Å². The number of H-pyrrole nitrogens is 1. The second-order valence-electron chi connectivity index (χ2n) is 6.59. The van der Waals surface area contributed by atoms with Gasteiger partial charge in [-0.15, -0.1) is 11.8 Å². The number of aromatic nitrogens is 1. The number of aromatic amines is 1. The summed E-state index contributed by atoms with van der Waals surface area (Å²) in [5.41, 5.74) is 3.11. The molecule has 0 amide bonds. The van der Waals surface area contributed by atoms with Crippen LogP contribution in [-0.4, -0.2) is 23.8 Å². The van der Waals surface area contributed by atoms with Crippen molar-refractivity contribution in [1.82, 2.24) is 4.98 Å². The number of rotatable bonds is 1. The molecular weight excluding hydrogens is 264 g/mol. The van der Waals surface area contributed by atoms with Crippen LogP contribution in [0.1, 0.15) is 32.4 Å². The molecule has 1 saturated heterocycles. The van der Waals surface area contributed by atoms with Gasteiger partial charge in [0.1, 0.15) is 5.54 Å². The summed E-state index contributed by atoms with van der Waals surface area (Å²) in [6.07, 6.45) is 2.65. The first-order valence-corrected chi connectivity index (χ1v) is 8.80. The van der Waals surface area contributed by atoms with Crippen LogP contribution >= 0.6 is 11.8 Å². The Balaban J connectivity index is 1.91. The minimum atomic E-state index is 0.290. The lowest BCUT2D eigenvalue weighted by Gasteiger charge is -2.29. The van der Waals surface area contributed by atoms with Gasteiger partial charge < -0.3 is 9.88 Å². The number of thioether (sulfide) groups is 1. The SMILES string of the molecule is CC[C@H]1C[NH+]2CCSc3c([nH]c4ccccc34)[C@@]2(C)C1. The first-order chi connectivity index (χ1) is 9.72. The Bertz CT molecular complexity index is 647. The van der Waals surface area contributed by atoms with E-state index < -0.39 is 0 Å². The third-order valence-corrected chi connectivity index (χ3v) is 6.57. The summed E-state index contributed by atoms with van der Waals surface area (Å²) in [6, 6.07) is 8.80. The summed E-state index contributed by atoms with van der Waals surface area (Å²) in [5, 5.41) is 1.43. The topological polar surface area (TPSA) is 20.2 Å². The molecule has 3 heteroatoms. The highest BCUT2D eigenvalue weighted by atomic mass is 32.2. The van der Waals surface area contributed by atoms with Crippen molar-refractivity contribution in [2.75, 3.05) is 18.8 Å². The van der Waals surface area contributed by atoms with Gasteiger partial charge >= 0.3 is 0 Å². The smallest absolute Gasteiger partial charge is 0.137 e. The Hall–Kier alpha value is -0.930. The number of fused-ring (bicyclic) bond motifs is 5. The molecule has 3 atom stereocenters. The normalized spacial score (nSPS) is 32.9. The van der Waals surface area contributed by atoms with Gasteiger partial charge in [-0.25, -0.2) is 0 Å². The third-order valence-electron chi connectivity index (χ3n) is 5.45. The Morgan fingerprint density at radius 1 is 1.40 bits per heavy atom. The summed E-state index contributed by atoms with van der Waals surface area (Å²) in [6.45, 7) is 7.48. The zero-order chi connectivity index (χ0) is 13.7. The molecule has 0 radical (unpaired) electrons. The molecule has 20 heavy (non-hydrogen) atoms. The van der Waals surface area contributed by atoms with Crippen LogP contribution in [-0.2, 0) is 5.54 Å². The maximum Gasteiger partial charge on any atom is 0.137 e. The first kappa shape index (κ1) is 12.8. The van der Waals surface area contributed by atoms with Gasteiger partial charge in [-0.3, -0.25) is 0 Å². The molecule has 2 nitrogen and oxygen atoms in total. The summed E-state index contributed by atoms with van der Waals surface area (Å²) >= 11 is 2.06. The molecule has 106 valence electrons. The zero-order valence-electron chi connectivity index (χ0n) is 12.3. The molecule has 0 saturated carbocycles. The van der Waals surface area contributed by atoms with E-state index in [1.165, 1.54) is 53.2 Å². The highest BCUT2D eigenvalue weighted by molar-refractivity contribution is 7.99. The molecule has 3 heterocycles. The highest BCUT2D eigenvalue weighted by Gasteiger charge is 2.50. The highest BCUT2D eigenvalue weighted by Crippen LogP contribution is 2.41. The average Bonchev–Trinajstić information content (AvgIpc) is 2.96. The van der Waals surface area contributed by atoms with Crippen LogP contribution in [0, 0.1) is 5.92 Å². The van der Waals surface area contributed by atoms with Gasteiger partial charge in [0.15, 0.2) is 0 Å². The summed E-state index contributed by atoms with van der Waals surface area (Å²) in [4.78, 5) is 7.09. The summed E-state index contributed by atoms with van der Waals surface area (Å²) < 4.78 is 0. The number of hydrogen-bond donors (Lipinski definition) is 2. The maximum atomic E-state index is 3.77. The summed E-state index contributed by atoms with van der Waals surface area (Å²) in [5.74, 6) is 2.13. The Labute approximate surface area is 124 Å². The predicted molar refractivity (Wildman–Crippen MR) is 85.5 cm³/mol. The number of quaternary nitrogens is 1. The molecule has 0 bridgehead atoms. The predicted octanol–water partition coefficient (Wildman–Crippen LogP) is 2.80. The van der Waals surface area contributed by atoms with Gasteiger partial charge in [-0.2, -0.15) is 0 Å². The lowest BCUT2D eigenvalue weighted by atomic mass is 9.89. The second kappa shape index (κ2) is 4.54. The molecule has 2 aromatic rings. The lowest BCUT2D eigenvalue weighted by Crippen LogP contribution is -3.16. The third kappa shape index (κ3) is 1.69. The Morgan fingerprint density at radius 2 is 2.25 bits per heavy atom. The fourth-order valence-electron chi connectivity index (χ4n) is 4.24. The van der Waals surface area contributed by atoms with E-state index in [1.54, 1.807) is 4.90 Å². The Morgan fingerprint density at radius 3 is 3.10 bits per heavy atom. The molecular formula is C17H23N2S+. The van der Waals surface area contributed by atoms with Crippen LogP contribution in [0.5, 0.6) is 0 Å². The molecule has 1 unspecified atom stereocenters. The van der Waals surface area contributed by atoms with E-state index in [4.69, 9.17) is 0 Å². The van der Waals surface area contributed by atoms with Crippen molar-refractivity contribution in [3.05, 3.63) is 30.0 Å². The molecule has 4 rings (SSSR count). The zero-order valence-corrected chi connectivity index (χ0v) is 13.1. The van der Waals surface area contributed by atoms with Crippen LogP contribution in [0.15, 0.2) is 29.2 Å². The molecule has 2 aliphatic rings. The van der Waals surface area contributed by atoms with Gasteiger partial charge in [0.05, 0.1) is 18.8 Å². The first-order valence-electron chi connectivity index (χ1n) is 7.81. The molecule has 2 N–H and O–H groups in total. The average molecular weight is 287 g/mol. The van der Waals surface area contributed by atoms with Gasteiger partial charge in [-0.05, 0) is 19.4 Å². The minimum absolute atomic E-state index is 0.290.